The number of hydrogen-bond donors (Lipinski definition) is 3. The van der Waals surface area contributed by atoms with E-state index in [1.807, 2.05) is 6.92 Å². The zero-order chi connectivity index (χ0) is 16.1. The van der Waals surface area contributed by atoms with Crippen LogP contribution in [0, 0.1) is 11.7 Å². The summed E-state index contributed by atoms with van der Waals surface area (Å²) in [6, 6.07) is 7.08. The zero-order valence-corrected chi connectivity index (χ0v) is 12.5. The third kappa shape index (κ3) is 3.85. The maximum absolute atomic E-state index is 13.8. The molecule has 3 N–H and O–H groups in total. The van der Waals surface area contributed by atoms with E-state index < -0.39 is 11.8 Å². The molecule has 2 atom stereocenters. The van der Waals surface area contributed by atoms with Gasteiger partial charge >= 0.3 is 6.03 Å². The SMILES string of the molecule is C[C@H](NC(=O)Nc1cc(-c2ccco2)ccc1F)[C@@H](C)CO. The number of anilines is 1. The van der Waals surface area contributed by atoms with Gasteiger partial charge in [0.15, 0.2) is 0 Å². The summed E-state index contributed by atoms with van der Waals surface area (Å²) in [4.78, 5) is 11.9. The average molecular weight is 306 g/mol. The largest absolute Gasteiger partial charge is 0.464 e. The van der Waals surface area contributed by atoms with Gasteiger partial charge in [-0.25, -0.2) is 9.18 Å². The van der Waals surface area contributed by atoms with Gasteiger partial charge in [0.05, 0.1) is 12.0 Å². The molecule has 0 spiro atoms. The van der Waals surface area contributed by atoms with Gasteiger partial charge < -0.3 is 20.2 Å². The van der Waals surface area contributed by atoms with Crippen molar-refractivity contribution in [2.24, 2.45) is 5.92 Å². The fraction of sp³-hybridized carbons (Fsp3) is 0.312. The molecule has 0 saturated carbocycles. The van der Waals surface area contributed by atoms with Crippen LogP contribution >= 0.6 is 0 Å². The number of urea groups is 1. The van der Waals surface area contributed by atoms with Gasteiger partial charge in [-0.05, 0) is 43.2 Å². The predicted octanol–water partition coefficient (Wildman–Crippen LogP) is 3.22. The van der Waals surface area contributed by atoms with Gasteiger partial charge in [0, 0.05) is 18.2 Å². The van der Waals surface area contributed by atoms with Crippen molar-refractivity contribution in [3.63, 3.8) is 0 Å². The van der Waals surface area contributed by atoms with Crippen LogP contribution in [0.5, 0.6) is 0 Å². The fourth-order valence-electron chi connectivity index (χ4n) is 1.88. The summed E-state index contributed by atoms with van der Waals surface area (Å²) in [5.41, 5.74) is 0.730. The van der Waals surface area contributed by atoms with Crippen molar-refractivity contribution >= 4 is 11.7 Å². The van der Waals surface area contributed by atoms with E-state index in [1.54, 1.807) is 25.1 Å². The van der Waals surface area contributed by atoms with Gasteiger partial charge in [0.2, 0.25) is 0 Å². The Labute approximate surface area is 128 Å². The second-order valence-electron chi connectivity index (χ2n) is 5.22. The monoisotopic (exact) mass is 306 g/mol. The van der Waals surface area contributed by atoms with E-state index in [9.17, 15) is 9.18 Å². The fourth-order valence-corrected chi connectivity index (χ4v) is 1.88. The maximum Gasteiger partial charge on any atom is 0.319 e. The molecule has 0 aliphatic heterocycles. The van der Waals surface area contributed by atoms with Gasteiger partial charge in [-0.3, -0.25) is 0 Å². The highest BCUT2D eigenvalue weighted by atomic mass is 19.1. The standard InChI is InChI=1S/C16H19FN2O3/c1-10(9-20)11(2)18-16(21)19-14-8-12(5-6-13(14)17)15-4-3-7-22-15/h3-8,10-11,20H,9H2,1-2H3,(H2,18,19,21)/t10-,11-/m0/s1. The Hall–Kier alpha value is -2.34. The van der Waals surface area contributed by atoms with E-state index in [1.165, 1.54) is 18.4 Å². The lowest BCUT2D eigenvalue weighted by molar-refractivity contribution is 0.204. The Kier molecular flexibility index (Phi) is 5.16. The lowest BCUT2D eigenvalue weighted by Crippen LogP contribution is -2.40. The quantitative estimate of drug-likeness (QED) is 0.794. The molecule has 6 heteroatoms. The number of carbonyl (C=O) groups is 1. The Morgan fingerprint density at radius 1 is 1.36 bits per heavy atom. The lowest BCUT2D eigenvalue weighted by atomic mass is 10.1. The van der Waals surface area contributed by atoms with Gasteiger partial charge in [-0.15, -0.1) is 0 Å². The first-order valence-corrected chi connectivity index (χ1v) is 7.03. The number of carbonyl (C=O) groups excluding carboxylic acids is 1. The van der Waals surface area contributed by atoms with Crippen LogP contribution in [-0.4, -0.2) is 23.8 Å². The number of aliphatic hydroxyl groups is 1. The molecule has 0 aliphatic carbocycles. The summed E-state index contributed by atoms with van der Waals surface area (Å²) in [6.45, 7) is 3.54. The van der Waals surface area contributed by atoms with Crippen LogP contribution in [-0.2, 0) is 0 Å². The molecule has 1 aromatic carbocycles. The summed E-state index contributed by atoms with van der Waals surface area (Å²) in [6.07, 6.45) is 1.52. The van der Waals surface area contributed by atoms with E-state index in [0.717, 1.165) is 0 Å². The minimum Gasteiger partial charge on any atom is -0.464 e. The number of nitrogens with one attached hydrogen (secondary N) is 2. The second-order valence-corrected chi connectivity index (χ2v) is 5.22. The smallest absolute Gasteiger partial charge is 0.319 e. The summed E-state index contributed by atoms with van der Waals surface area (Å²) < 4.78 is 19.1. The van der Waals surface area contributed by atoms with Crippen LogP contribution in [0.2, 0.25) is 0 Å². The van der Waals surface area contributed by atoms with Gasteiger partial charge in [0.1, 0.15) is 11.6 Å². The molecule has 0 aliphatic rings. The van der Waals surface area contributed by atoms with Crippen LogP contribution in [0.1, 0.15) is 13.8 Å². The maximum atomic E-state index is 13.8. The molecule has 118 valence electrons. The van der Waals surface area contributed by atoms with E-state index in [4.69, 9.17) is 9.52 Å². The molecule has 0 unspecified atom stereocenters. The van der Waals surface area contributed by atoms with E-state index in [0.29, 0.717) is 11.3 Å². The molecule has 0 fully saturated rings. The van der Waals surface area contributed by atoms with E-state index in [2.05, 4.69) is 10.6 Å². The molecule has 0 saturated heterocycles. The molecule has 5 nitrogen and oxygen atoms in total. The predicted molar refractivity (Wildman–Crippen MR) is 82.0 cm³/mol. The van der Waals surface area contributed by atoms with Crippen LogP contribution in [0.4, 0.5) is 14.9 Å². The van der Waals surface area contributed by atoms with Gasteiger partial charge in [-0.2, -0.15) is 0 Å². The normalized spacial score (nSPS) is 13.5. The number of rotatable bonds is 5. The number of hydrogen-bond acceptors (Lipinski definition) is 3. The first-order chi connectivity index (χ1) is 10.5. The van der Waals surface area contributed by atoms with Crippen LogP contribution in [0.25, 0.3) is 11.3 Å². The minimum atomic E-state index is -0.534. The Balaban J connectivity index is 2.09. The third-order valence-corrected chi connectivity index (χ3v) is 3.52. The molecule has 2 aromatic rings. The van der Waals surface area contributed by atoms with Crippen molar-refractivity contribution in [2.75, 3.05) is 11.9 Å². The molecule has 0 bridgehead atoms. The van der Waals surface area contributed by atoms with E-state index in [-0.39, 0.29) is 24.3 Å². The Morgan fingerprint density at radius 2 is 2.14 bits per heavy atom. The highest BCUT2D eigenvalue weighted by molar-refractivity contribution is 5.90. The molecule has 2 amide bonds. The van der Waals surface area contributed by atoms with Crippen molar-refractivity contribution in [3.8, 4) is 11.3 Å². The number of halogens is 1. The minimum absolute atomic E-state index is 0.0379. The van der Waals surface area contributed by atoms with Crippen LogP contribution in [0.15, 0.2) is 41.0 Å². The number of benzene rings is 1. The summed E-state index contributed by atoms with van der Waals surface area (Å²) in [5, 5.41) is 14.2. The van der Waals surface area contributed by atoms with Crippen molar-refractivity contribution < 1.29 is 18.7 Å². The van der Waals surface area contributed by atoms with E-state index >= 15 is 0 Å². The molecular weight excluding hydrogens is 287 g/mol. The zero-order valence-electron chi connectivity index (χ0n) is 12.5. The third-order valence-electron chi connectivity index (χ3n) is 3.52. The van der Waals surface area contributed by atoms with Gasteiger partial charge in [0.25, 0.3) is 0 Å². The number of amides is 2. The van der Waals surface area contributed by atoms with Crippen molar-refractivity contribution in [1.82, 2.24) is 5.32 Å². The Bertz CT molecular complexity index is 628. The van der Waals surface area contributed by atoms with Crippen molar-refractivity contribution in [1.29, 1.82) is 0 Å². The highest BCUT2D eigenvalue weighted by Gasteiger charge is 2.15. The summed E-state index contributed by atoms with van der Waals surface area (Å²) in [5.74, 6) is -0.0379. The highest BCUT2D eigenvalue weighted by Crippen LogP contribution is 2.25. The molecule has 2 rings (SSSR count). The van der Waals surface area contributed by atoms with Crippen molar-refractivity contribution in [3.05, 3.63) is 42.4 Å². The van der Waals surface area contributed by atoms with Crippen LogP contribution in [0.3, 0.4) is 0 Å². The van der Waals surface area contributed by atoms with Crippen molar-refractivity contribution in [2.45, 2.75) is 19.9 Å². The van der Waals surface area contributed by atoms with Crippen LogP contribution < -0.4 is 10.6 Å². The Morgan fingerprint density at radius 3 is 2.77 bits per heavy atom. The number of aliphatic hydroxyl groups excluding tert-OH is 1. The molecule has 22 heavy (non-hydrogen) atoms. The molecule has 0 radical (unpaired) electrons. The topological polar surface area (TPSA) is 74.5 Å². The molecular formula is C16H19FN2O3. The number of furan rings is 1. The van der Waals surface area contributed by atoms with Gasteiger partial charge in [-0.1, -0.05) is 6.92 Å². The first-order valence-electron chi connectivity index (χ1n) is 7.03. The summed E-state index contributed by atoms with van der Waals surface area (Å²) >= 11 is 0. The average Bonchev–Trinajstić information content (AvgIpc) is 3.02. The lowest BCUT2D eigenvalue weighted by Gasteiger charge is -2.19. The molecule has 1 heterocycles. The first kappa shape index (κ1) is 16.0. The summed E-state index contributed by atoms with van der Waals surface area (Å²) in [7, 11) is 0. The molecule has 1 aromatic heterocycles. The second kappa shape index (κ2) is 7.09.